The maximum atomic E-state index is 9.17. The van der Waals surface area contributed by atoms with E-state index in [0.29, 0.717) is 5.82 Å². The molecule has 0 aliphatic rings. The van der Waals surface area contributed by atoms with Gasteiger partial charge in [-0.1, -0.05) is 33.8 Å². The molecule has 1 unspecified atom stereocenters. The van der Waals surface area contributed by atoms with E-state index in [9.17, 15) is 0 Å². The van der Waals surface area contributed by atoms with Crippen LogP contribution in [0, 0.1) is 17.2 Å². The zero-order valence-electron chi connectivity index (χ0n) is 13.0. The van der Waals surface area contributed by atoms with Gasteiger partial charge in [-0.2, -0.15) is 5.26 Å². The van der Waals surface area contributed by atoms with E-state index in [1.807, 2.05) is 45.9 Å². The molecule has 0 saturated heterocycles. The first kappa shape index (κ1) is 16.6. The minimum atomic E-state index is -0.119. The fourth-order valence-electron chi connectivity index (χ4n) is 1.93. The SMILES string of the molecule is CC.CC(C)C(C#N)c1ccc(-c2ccc(N)nc2)nc1. The van der Waals surface area contributed by atoms with Gasteiger partial charge >= 0.3 is 0 Å². The van der Waals surface area contributed by atoms with Gasteiger partial charge in [-0.15, -0.1) is 0 Å². The van der Waals surface area contributed by atoms with Crippen molar-refractivity contribution in [3.05, 3.63) is 42.2 Å². The Balaban J connectivity index is 0.00000106. The van der Waals surface area contributed by atoms with Gasteiger partial charge in [0.25, 0.3) is 0 Å². The molecule has 0 radical (unpaired) electrons. The summed E-state index contributed by atoms with van der Waals surface area (Å²) in [5.74, 6) is 0.645. The number of rotatable bonds is 3. The van der Waals surface area contributed by atoms with Crippen molar-refractivity contribution < 1.29 is 0 Å². The van der Waals surface area contributed by atoms with Gasteiger partial charge in [-0.3, -0.25) is 4.98 Å². The van der Waals surface area contributed by atoms with Gasteiger partial charge in [-0.25, -0.2) is 4.98 Å². The van der Waals surface area contributed by atoms with Crippen LogP contribution in [-0.4, -0.2) is 9.97 Å². The predicted molar refractivity (Wildman–Crippen MR) is 86.4 cm³/mol. The molecule has 4 nitrogen and oxygen atoms in total. The summed E-state index contributed by atoms with van der Waals surface area (Å²) in [6.45, 7) is 8.07. The van der Waals surface area contributed by atoms with Crippen LogP contribution in [0.3, 0.4) is 0 Å². The number of nitrogens with two attached hydrogens (primary N) is 1. The van der Waals surface area contributed by atoms with E-state index in [-0.39, 0.29) is 11.8 Å². The Kier molecular flexibility index (Phi) is 6.35. The highest BCUT2D eigenvalue weighted by Gasteiger charge is 2.15. The predicted octanol–water partition coefficient (Wildman–Crippen LogP) is 4.02. The van der Waals surface area contributed by atoms with E-state index in [4.69, 9.17) is 11.0 Å². The Morgan fingerprint density at radius 3 is 2.19 bits per heavy atom. The van der Waals surface area contributed by atoms with Gasteiger partial charge < -0.3 is 5.73 Å². The van der Waals surface area contributed by atoms with Crippen LogP contribution < -0.4 is 5.73 Å². The molecule has 0 fully saturated rings. The highest BCUT2D eigenvalue weighted by molar-refractivity contribution is 5.59. The Morgan fingerprint density at radius 1 is 1.05 bits per heavy atom. The zero-order chi connectivity index (χ0) is 15.8. The van der Waals surface area contributed by atoms with E-state index in [1.54, 1.807) is 18.5 Å². The van der Waals surface area contributed by atoms with Gasteiger partial charge in [0, 0.05) is 18.0 Å². The standard InChI is InChI=1S/C15H16N4.C2H6/c1-10(2)13(7-16)11-3-5-14(18-8-11)12-4-6-15(17)19-9-12;1-2/h3-6,8-10,13H,1-2H3,(H2,17,19);1-2H3. The number of nitriles is 1. The summed E-state index contributed by atoms with van der Waals surface area (Å²) >= 11 is 0. The molecule has 0 aliphatic heterocycles. The maximum absolute atomic E-state index is 9.17. The van der Waals surface area contributed by atoms with Crippen molar-refractivity contribution in [2.45, 2.75) is 33.6 Å². The molecule has 2 aromatic rings. The second kappa shape index (κ2) is 8.01. The first-order chi connectivity index (χ1) is 10.1. The average Bonchev–Trinajstić information content (AvgIpc) is 2.51. The fraction of sp³-hybridized carbons (Fsp3) is 0.353. The Morgan fingerprint density at radius 2 is 1.76 bits per heavy atom. The largest absolute Gasteiger partial charge is 0.384 e. The number of pyridine rings is 2. The molecule has 110 valence electrons. The lowest BCUT2D eigenvalue weighted by Gasteiger charge is -2.13. The lowest BCUT2D eigenvalue weighted by molar-refractivity contribution is 0.586. The van der Waals surface area contributed by atoms with Gasteiger partial charge in [-0.05, 0) is 29.7 Å². The highest BCUT2D eigenvalue weighted by atomic mass is 14.8. The van der Waals surface area contributed by atoms with Crippen molar-refractivity contribution in [2.24, 2.45) is 5.92 Å². The second-order valence-electron chi connectivity index (χ2n) is 4.80. The molecule has 2 heterocycles. The summed E-state index contributed by atoms with van der Waals surface area (Å²) in [7, 11) is 0. The summed E-state index contributed by atoms with van der Waals surface area (Å²) in [6, 6.07) is 9.81. The smallest absolute Gasteiger partial charge is 0.123 e. The van der Waals surface area contributed by atoms with Crippen LogP contribution in [0.15, 0.2) is 36.7 Å². The van der Waals surface area contributed by atoms with Crippen LogP contribution in [0.2, 0.25) is 0 Å². The molecule has 4 heteroatoms. The van der Waals surface area contributed by atoms with Crippen molar-refractivity contribution in [1.82, 2.24) is 9.97 Å². The van der Waals surface area contributed by atoms with Crippen molar-refractivity contribution in [3.63, 3.8) is 0 Å². The Hall–Kier alpha value is -2.41. The molecule has 2 aromatic heterocycles. The molecule has 0 saturated carbocycles. The summed E-state index contributed by atoms with van der Waals surface area (Å²) < 4.78 is 0. The van der Waals surface area contributed by atoms with Crippen molar-refractivity contribution >= 4 is 5.82 Å². The number of hydrogen-bond donors (Lipinski definition) is 1. The van der Waals surface area contributed by atoms with Crippen LogP contribution >= 0.6 is 0 Å². The van der Waals surface area contributed by atoms with Gasteiger partial charge in [0.1, 0.15) is 5.82 Å². The summed E-state index contributed by atoms with van der Waals surface area (Å²) in [5, 5.41) is 9.17. The van der Waals surface area contributed by atoms with Gasteiger partial charge in [0.15, 0.2) is 0 Å². The van der Waals surface area contributed by atoms with Crippen LogP contribution in [0.1, 0.15) is 39.2 Å². The molecule has 2 N–H and O–H groups in total. The molecule has 0 amide bonds. The minimum Gasteiger partial charge on any atom is -0.384 e. The third kappa shape index (κ3) is 4.28. The summed E-state index contributed by atoms with van der Waals surface area (Å²) in [6.07, 6.45) is 3.46. The normalized spacial score (nSPS) is 11.2. The molecule has 0 aliphatic carbocycles. The van der Waals surface area contributed by atoms with Gasteiger partial charge in [0.2, 0.25) is 0 Å². The molecular formula is C17H22N4. The summed E-state index contributed by atoms with van der Waals surface area (Å²) in [4.78, 5) is 8.44. The molecule has 2 rings (SSSR count). The van der Waals surface area contributed by atoms with Crippen LogP contribution in [0.25, 0.3) is 11.3 Å². The number of hydrogen-bond acceptors (Lipinski definition) is 4. The average molecular weight is 282 g/mol. The maximum Gasteiger partial charge on any atom is 0.123 e. The van der Waals surface area contributed by atoms with Crippen LogP contribution in [0.4, 0.5) is 5.82 Å². The van der Waals surface area contributed by atoms with E-state index < -0.39 is 0 Å². The Labute approximate surface area is 126 Å². The fourth-order valence-corrected chi connectivity index (χ4v) is 1.93. The quantitative estimate of drug-likeness (QED) is 0.922. The zero-order valence-corrected chi connectivity index (χ0v) is 13.0. The van der Waals surface area contributed by atoms with E-state index in [0.717, 1.165) is 16.8 Å². The number of nitrogens with zero attached hydrogens (tertiary/aromatic N) is 3. The van der Waals surface area contributed by atoms with Crippen molar-refractivity contribution in [3.8, 4) is 17.3 Å². The molecule has 21 heavy (non-hydrogen) atoms. The van der Waals surface area contributed by atoms with Crippen molar-refractivity contribution in [2.75, 3.05) is 5.73 Å². The first-order valence-electron chi connectivity index (χ1n) is 7.19. The van der Waals surface area contributed by atoms with Crippen LogP contribution in [-0.2, 0) is 0 Å². The van der Waals surface area contributed by atoms with Gasteiger partial charge in [0.05, 0.1) is 17.7 Å². The first-order valence-corrected chi connectivity index (χ1v) is 7.19. The topological polar surface area (TPSA) is 75.6 Å². The lowest BCUT2D eigenvalue weighted by Crippen LogP contribution is -2.04. The second-order valence-corrected chi connectivity index (χ2v) is 4.80. The van der Waals surface area contributed by atoms with E-state index in [1.165, 1.54) is 0 Å². The molecule has 1 atom stereocenters. The van der Waals surface area contributed by atoms with Crippen LogP contribution in [0.5, 0.6) is 0 Å². The molecule has 0 bridgehead atoms. The third-order valence-electron chi connectivity index (χ3n) is 3.03. The third-order valence-corrected chi connectivity index (χ3v) is 3.03. The monoisotopic (exact) mass is 282 g/mol. The molecule has 0 spiro atoms. The lowest BCUT2D eigenvalue weighted by atomic mass is 9.91. The van der Waals surface area contributed by atoms with Crippen molar-refractivity contribution in [1.29, 1.82) is 5.26 Å². The summed E-state index contributed by atoms with van der Waals surface area (Å²) in [5.41, 5.74) is 8.25. The number of anilines is 1. The van der Waals surface area contributed by atoms with E-state index >= 15 is 0 Å². The van der Waals surface area contributed by atoms with E-state index in [2.05, 4.69) is 16.0 Å². The number of nitrogen functional groups attached to an aromatic ring is 1. The minimum absolute atomic E-state index is 0.119. The highest BCUT2D eigenvalue weighted by Crippen LogP contribution is 2.25. The Bertz CT molecular complexity index is 580. The molecule has 0 aromatic carbocycles. The number of aromatic nitrogens is 2. The molecular weight excluding hydrogens is 260 g/mol.